The van der Waals surface area contributed by atoms with Gasteiger partial charge in [0.2, 0.25) is 0 Å². The fourth-order valence-corrected chi connectivity index (χ4v) is 3.43. The van der Waals surface area contributed by atoms with E-state index in [1.807, 2.05) is 11.8 Å². The van der Waals surface area contributed by atoms with E-state index in [4.69, 9.17) is 5.11 Å². The largest absolute Gasteiger partial charge is 0.481 e. The zero-order valence-corrected chi connectivity index (χ0v) is 12.2. The van der Waals surface area contributed by atoms with Crippen LogP contribution in [0.4, 0.5) is 0 Å². The summed E-state index contributed by atoms with van der Waals surface area (Å²) < 4.78 is 0. The number of rotatable bonds is 6. The highest BCUT2D eigenvalue weighted by Crippen LogP contribution is 2.23. The van der Waals surface area contributed by atoms with Gasteiger partial charge in [-0.15, -0.1) is 11.8 Å². The summed E-state index contributed by atoms with van der Waals surface area (Å²) in [7, 11) is 0. The number of carboxylic acid groups (broad SMARTS) is 1. The number of hydrogen-bond donors (Lipinski definition) is 1. The third-order valence-corrected chi connectivity index (χ3v) is 4.57. The zero-order valence-electron chi connectivity index (χ0n) is 11.3. The zero-order chi connectivity index (χ0) is 13.7. The Morgan fingerprint density at radius 3 is 2.84 bits per heavy atom. The van der Waals surface area contributed by atoms with Crippen LogP contribution in [-0.4, -0.2) is 40.9 Å². The maximum Gasteiger partial charge on any atom is 0.304 e. The molecule has 0 amide bonds. The summed E-state index contributed by atoms with van der Waals surface area (Å²) in [5.41, 5.74) is 1.28. The van der Waals surface area contributed by atoms with Gasteiger partial charge in [-0.25, -0.2) is 0 Å². The van der Waals surface area contributed by atoms with Gasteiger partial charge in [0, 0.05) is 23.2 Å². The molecule has 1 aliphatic heterocycles. The molecule has 1 N–H and O–H groups in total. The standard InChI is InChI=1S/C15H21NO2S/c1-12-4-6-14(7-5-12)19-10-9-16-8-2-3-13(16)11-15(17)18/h4-7,13H,2-3,8-11H2,1H3,(H,17,18). The lowest BCUT2D eigenvalue weighted by atomic mass is 10.1. The number of nitrogens with zero attached hydrogens (tertiary/aromatic N) is 1. The van der Waals surface area contributed by atoms with Crippen LogP contribution in [0.25, 0.3) is 0 Å². The summed E-state index contributed by atoms with van der Waals surface area (Å²) in [4.78, 5) is 14.4. The third kappa shape index (κ3) is 4.55. The number of hydrogen-bond acceptors (Lipinski definition) is 3. The van der Waals surface area contributed by atoms with Gasteiger partial charge in [0.1, 0.15) is 0 Å². The van der Waals surface area contributed by atoms with Crippen molar-refractivity contribution in [2.75, 3.05) is 18.8 Å². The van der Waals surface area contributed by atoms with Crippen LogP contribution in [0.1, 0.15) is 24.8 Å². The minimum absolute atomic E-state index is 0.246. The molecule has 2 rings (SSSR count). The SMILES string of the molecule is Cc1ccc(SCCN2CCCC2CC(=O)O)cc1. The van der Waals surface area contributed by atoms with Gasteiger partial charge in [-0.05, 0) is 38.4 Å². The number of likely N-dealkylation sites (tertiary alicyclic amines) is 1. The van der Waals surface area contributed by atoms with Crippen molar-refractivity contribution in [3.8, 4) is 0 Å². The van der Waals surface area contributed by atoms with E-state index >= 15 is 0 Å². The second kappa shape index (κ2) is 6.96. The molecule has 104 valence electrons. The Labute approximate surface area is 119 Å². The lowest BCUT2D eigenvalue weighted by Gasteiger charge is -2.22. The molecule has 0 spiro atoms. The second-order valence-electron chi connectivity index (χ2n) is 5.09. The molecule has 1 atom stereocenters. The van der Waals surface area contributed by atoms with Crippen molar-refractivity contribution in [3.63, 3.8) is 0 Å². The Morgan fingerprint density at radius 1 is 1.42 bits per heavy atom. The van der Waals surface area contributed by atoms with Gasteiger partial charge in [-0.2, -0.15) is 0 Å². The Kier molecular flexibility index (Phi) is 5.28. The van der Waals surface area contributed by atoms with Crippen LogP contribution in [0.15, 0.2) is 29.2 Å². The Bertz CT molecular complexity index is 419. The summed E-state index contributed by atoms with van der Waals surface area (Å²) in [5, 5.41) is 8.89. The summed E-state index contributed by atoms with van der Waals surface area (Å²) in [6.07, 6.45) is 2.45. The molecule has 19 heavy (non-hydrogen) atoms. The first kappa shape index (κ1) is 14.4. The molecule has 1 aromatic rings. The molecule has 1 heterocycles. The van der Waals surface area contributed by atoms with E-state index in [1.165, 1.54) is 10.5 Å². The van der Waals surface area contributed by atoms with E-state index in [0.29, 0.717) is 0 Å². The quantitative estimate of drug-likeness (QED) is 0.813. The van der Waals surface area contributed by atoms with Crippen LogP contribution >= 0.6 is 11.8 Å². The van der Waals surface area contributed by atoms with E-state index in [9.17, 15) is 4.79 Å². The molecule has 0 aromatic heterocycles. The predicted molar refractivity (Wildman–Crippen MR) is 78.8 cm³/mol. The lowest BCUT2D eigenvalue weighted by molar-refractivity contribution is -0.138. The van der Waals surface area contributed by atoms with E-state index < -0.39 is 5.97 Å². The molecule has 0 radical (unpaired) electrons. The van der Waals surface area contributed by atoms with Crippen LogP contribution in [0, 0.1) is 6.92 Å². The average molecular weight is 279 g/mol. The van der Waals surface area contributed by atoms with Crippen molar-refractivity contribution in [3.05, 3.63) is 29.8 Å². The van der Waals surface area contributed by atoms with E-state index in [0.717, 1.165) is 31.7 Å². The number of benzene rings is 1. The van der Waals surface area contributed by atoms with Crippen LogP contribution in [0.2, 0.25) is 0 Å². The van der Waals surface area contributed by atoms with Crippen LogP contribution in [0.3, 0.4) is 0 Å². The molecule has 3 nitrogen and oxygen atoms in total. The number of thioether (sulfide) groups is 1. The summed E-state index contributed by atoms with van der Waals surface area (Å²) in [6, 6.07) is 8.81. The number of aliphatic carboxylic acids is 1. The van der Waals surface area contributed by atoms with E-state index in [2.05, 4.69) is 36.1 Å². The summed E-state index contributed by atoms with van der Waals surface area (Å²) >= 11 is 1.85. The second-order valence-corrected chi connectivity index (χ2v) is 6.26. The normalized spacial score (nSPS) is 19.7. The van der Waals surface area contributed by atoms with Crippen LogP contribution in [-0.2, 0) is 4.79 Å². The van der Waals surface area contributed by atoms with Crippen LogP contribution < -0.4 is 0 Å². The number of carbonyl (C=O) groups is 1. The van der Waals surface area contributed by atoms with Crippen molar-refractivity contribution in [2.45, 2.75) is 37.1 Å². The van der Waals surface area contributed by atoms with E-state index in [-0.39, 0.29) is 12.5 Å². The summed E-state index contributed by atoms with van der Waals surface area (Å²) in [5.74, 6) is 0.349. The number of aryl methyl sites for hydroxylation is 1. The Hall–Kier alpha value is -1.00. The predicted octanol–water partition coefficient (Wildman–Crippen LogP) is 3.03. The van der Waals surface area contributed by atoms with Crippen molar-refractivity contribution in [1.82, 2.24) is 4.90 Å². The third-order valence-electron chi connectivity index (χ3n) is 3.58. The topological polar surface area (TPSA) is 40.5 Å². The molecule has 1 saturated heterocycles. The molecular weight excluding hydrogens is 258 g/mol. The van der Waals surface area contributed by atoms with Crippen molar-refractivity contribution >= 4 is 17.7 Å². The molecule has 1 aliphatic rings. The molecule has 1 unspecified atom stereocenters. The molecule has 1 fully saturated rings. The van der Waals surface area contributed by atoms with E-state index in [1.54, 1.807) is 0 Å². The van der Waals surface area contributed by atoms with Gasteiger partial charge in [0.05, 0.1) is 6.42 Å². The highest BCUT2D eigenvalue weighted by Gasteiger charge is 2.25. The molecule has 1 aromatic carbocycles. The van der Waals surface area contributed by atoms with Crippen LogP contribution in [0.5, 0.6) is 0 Å². The maximum atomic E-state index is 10.8. The fraction of sp³-hybridized carbons (Fsp3) is 0.533. The summed E-state index contributed by atoms with van der Waals surface area (Å²) in [6.45, 7) is 4.12. The maximum absolute atomic E-state index is 10.8. The van der Waals surface area contributed by atoms with Crippen molar-refractivity contribution in [2.24, 2.45) is 0 Å². The first-order valence-electron chi connectivity index (χ1n) is 6.80. The first-order chi connectivity index (χ1) is 9.15. The average Bonchev–Trinajstić information content (AvgIpc) is 2.78. The van der Waals surface area contributed by atoms with Crippen molar-refractivity contribution in [1.29, 1.82) is 0 Å². The Morgan fingerprint density at radius 2 is 2.16 bits per heavy atom. The minimum Gasteiger partial charge on any atom is -0.481 e. The first-order valence-corrected chi connectivity index (χ1v) is 7.79. The molecule has 0 aliphatic carbocycles. The number of carboxylic acids is 1. The Balaban J connectivity index is 1.75. The lowest BCUT2D eigenvalue weighted by Crippen LogP contribution is -2.33. The molecule has 0 bridgehead atoms. The monoisotopic (exact) mass is 279 g/mol. The highest BCUT2D eigenvalue weighted by molar-refractivity contribution is 7.99. The van der Waals surface area contributed by atoms with Gasteiger partial charge >= 0.3 is 5.97 Å². The van der Waals surface area contributed by atoms with Crippen molar-refractivity contribution < 1.29 is 9.90 Å². The fourth-order valence-electron chi connectivity index (χ4n) is 2.54. The molecule has 4 heteroatoms. The van der Waals surface area contributed by atoms with Gasteiger partial charge in [0.25, 0.3) is 0 Å². The highest BCUT2D eigenvalue weighted by atomic mass is 32.2. The van der Waals surface area contributed by atoms with Gasteiger partial charge in [-0.3, -0.25) is 9.69 Å². The molecule has 0 saturated carbocycles. The molecular formula is C15H21NO2S. The van der Waals surface area contributed by atoms with Gasteiger partial charge in [-0.1, -0.05) is 17.7 Å². The van der Waals surface area contributed by atoms with Gasteiger partial charge < -0.3 is 5.11 Å². The minimum atomic E-state index is -0.678. The smallest absolute Gasteiger partial charge is 0.304 e. The van der Waals surface area contributed by atoms with Gasteiger partial charge in [0.15, 0.2) is 0 Å².